The number of fused-ring (bicyclic) bond motifs is 3. The molecule has 2 heterocycles. The van der Waals surface area contributed by atoms with Crippen molar-refractivity contribution in [3.8, 4) is 11.5 Å². The lowest BCUT2D eigenvalue weighted by Gasteiger charge is -2.47. The van der Waals surface area contributed by atoms with Crippen LogP contribution in [-0.2, 0) is 11.2 Å². The third kappa shape index (κ3) is 4.66. The number of benzene rings is 1. The lowest BCUT2D eigenvalue weighted by atomic mass is 9.67. The summed E-state index contributed by atoms with van der Waals surface area (Å²) >= 11 is 0. The van der Waals surface area contributed by atoms with Gasteiger partial charge in [-0.3, -0.25) is 0 Å². The SMILES string of the molecule is CCCCCc1cc(O[C@@H]2OC(CO)C(O)=C(O)C2O)c2c(c1)OC(C)(C)[C@@H]1CC=C(C)C[C@@H]21. The van der Waals surface area contributed by atoms with E-state index < -0.39 is 36.6 Å². The number of ether oxygens (including phenoxy) is 3. The number of aliphatic hydroxyl groups is 4. The van der Waals surface area contributed by atoms with Crippen molar-refractivity contribution in [2.45, 2.75) is 96.2 Å². The van der Waals surface area contributed by atoms with E-state index in [1.165, 1.54) is 5.57 Å². The lowest BCUT2D eigenvalue weighted by Crippen LogP contribution is -2.47. The molecule has 0 saturated carbocycles. The maximum absolute atomic E-state index is 10.5. The predicted molar refractivity (Wildman–Crippen MR) is 128 cm³/mol. The molecule has 0 aromatic heterocycles. The standard InChI is InChI=1S/C27H38O7/c1-5-6-7-8-16-12-19(32-26-25(31)24(30)23(29)21(14-28)33-26)22-17-11-15(2)9-10-18(17)27(3,4)34-20(22)13-16/h9,12-13,17-18,21,25-26,28-31H,5-8,10-11,14H2,1-4H3/t17-,18-,21?,25?,26-/m1/s1. The zero-order valence-corrected chi connectivity index (χ0v) is 20.6. The zero-order valence-electron chi connectivity index (χ0n) is 20.6. The first-order valence-corrected chi connectivity index (χ1v) is 12.4. The second-order valence-corrected chi connectivity index (χ2v) is 10.4. The van der Waals surface area contributed by atoms with Crippen LogP contribution in [0.3, 0.4) is 0 Å². The van der Waals surface area contributed by atoms with E-state index in [0.717, 1.165) is 55.4 Å². The molecule has 0 spiro atoms. The molecule has 34 heavy (non-hydrogen) atoms. The van der Waals surface area contributed by atoms with E-state index in [-0.39, 0.29) is 17.4 Å². The van der Waals surface area contributed by atoms with E-state index in [4.69, 9.17) is 14.2 Å². The van der Waals surface area contributed by atoms with Crippen molar-refractivity contribution >= 4 is 0 Å². The maximum Gasteiger partial charge on any atom is 0.234 e. The molecule has 0 amide bonds. The summed E-state index contributed by atoms with van der Waals surface area (Å²) in [6, 6.07) is 4.10. The summed E-state index contributed by atoms with van der Waals surface area (Å²) in [7, 11) is 0. The van der Waals surface area contributed by atoms with Crippen molar-refractivity contribution in [3.63, 3.8) is 0 Å². The van der Waals surface area contributed by atoms with Crippen molar-refractivity contribution in [2.75, 3.05) is 6.61 Å². The molecule has 2 aliphatic heterocycles. The Balaban J connectivity index is 1.75. The molecular formula is C27H38O7. The van der Waals surface area contributed by atoms with E-state index in [0.29, 0.717) is 5.75 Å². The first kappa shape index (κ1) is 24.9. The molecule has 4 rings (SSSR count). The highest BCUT2D eigenvalue weighted by Gasteiger charge is 2.47. The number of rotatable bonds is 7. The zero-order chi connectivity index (χ0) is 24.6. The number of allylic oxidation sites excluding steroid dienone is 2. The Morgan fingerprint density at radius 3 is 2.62 bits per heavy atom. The van der Waals surface area contributed by atoms with Crippen molar-refractivity contribution < 1.29 is 34.6 Å². The van der Waals surface area contributed by atoms with Crippen LogP contribution in [0.5, 0.6) is 11.5 Å². The monoisotopic (exact) mass is 474 g/mol. The summed E-state index contributed by atoms with van der Waals surface area (Å²) in [5, 5.41) is 40.3. The van der Waals surface area contributed by atoms with Crippen LogP contribution in [0.2, 0.25) is 0 Å². The van der Waals surface area contributed by atoms with Crippen LogP contribution in [0.25, 0.3) is 0 Å². The molecular weight excluding hydrogens is 436 g/mol. The van der Waals surface area contributed by atoms with Gasteiger partial charge in [0.1, 0.15) is 23.2 Å². The molecule has 1 aliphatic carbocycles. The minimum Gasteiger partial charge on any atom is -0.506 e. The highest BCUT2D eigenvalue weighted by atomic mass is 16.7. The Morgan fingerprint density at radius 2 is 1.91 bits per heavy atom. The fourth-order valence-corrected chi connectivity index (χ4v) is 5.51. The van der Waals surface area contributed by atoms with Crippen LogP contribution < -0.4 is 9.47 Å². The Kier molecular flexibility index (Phi) is 7.17. The summed E-state index contributed by atoms with van der Waals surface area (Å²) < 4.78 is 18.4. The molecule has 0 saturated heterocycles. The first-order chi connectivity index (χ1) is 16.2. The molecule has 4 N–H and O–H groups in total. The van der Waals surface area contributed by atoms with Gasteiger partial charge in [0, 0.05) is 17.4 Å². The fraction of sp³-hybridized carbons (Fsp3) is 0.630. The molecule has 7 nitrogen and oxygen atoms in total. The molecule has 0 radical (unpaired) electrons. The van der Waals surface area contributed by atoms with Crippen LogP contribution in [-0.4, -0.2) is 51.1 Å². The number of aliphatic hydroxyl groups excluding tert-OH is 4. The smallest absolute Gasteiger partial charge is 0.234 e. The normalized spacial score (nSPS) is 30.2. The third-order valence-electron chi connectivity index (χ3n) is 7.43. The van der Waals surface area contributed by atoms with Crippen molar-refractivity contribution in [2.24, 2.45) is 5.92 Å². The summed E-state index contributed by atoms with van der Waals surface area (Å²) in [6.07, 6.45) is 4.20. The topological polar surface area (TPSA) is 109 Å². The Labute approximate surface area is 201 Å². The molecule has 0 fully saturated rings. The maximum atomic E-state index is 10.5. The Hall–Kier alpha value is -2.22. The van der Waals surface area contributed by atoms with Crippen molar-refractivity contribution in [3.05, 3.63) is 46.4 Å². The highest BCUT2D eigenvalue weighted by molar-refractivity contribution is 5.53. The van der Waals surface area contributed by atoms with E-state index in [9.17, 15) is 20.4 Å². The predicted octanol–water partition coefficient (Wildman–Crippen LogP) is 4.81. The van der Waals surface area contributed by atoms with Gasteiger partial charge in [0.25, 0.3) is 0 Å². The second kappa shape index (κ2) is 9.80. The van der Waals surface area contributed by atoms with Crippen LogP contribution in [0.4, 0.5) is 0 Å². The van der Waals surface area contributed by atoms with Gasteiger partial charge in [-0.05, 0) is 64.2 Å². The molecule has 7 heteroatoms. The van der Waals surface area contributed by atoms with Crippen molar-refractivity contribution in [1.82, 2.24) is 0 Å². The van der Waals surface area contributed by atoms with Gasteiger partial charge in [0.05, 0.1) is 6.61 Å². The summed E-state index contributed by atoms with van der Waals surface area (Å²) in [5.41, 5.74) is 3.00. The number of unbranched alkanes of at least 4 members (excludes halogenated alkanes) is 2. The summed E-state index contributed by atoms with van der Waals surface area (Å²) in [4.78, 5) is 0. The quantitative estimate of drug-likeness (QED) is 0.332. The van der Waals surface area contributed by atoms with Gasteiger partial charge < -0.3 is 34.6 Å². The van der Waals surface area contributed by atoms with Gasteiger partial charge in [-0.15, -0.1) is 0 Å². The van der Waals surface area contributed by atoms with Gasteiger partial charge in [-0.2, -0.15) is 0 Å². The molecule has 3 aliphatic rings. The summed E-state index contributed by atoms with van der Waals surface area (Å²) in [6.45, 7) is 8.03. The van der Waals surface area contributed by atoms with E-state index in [2.05, 4.69) is 39.8 Å². The summed E-state index contributed by atoms with van der Waals surface area (Å²) in [5.74, 6) is 0.557. The van der Waals surface area contributed by atoms with E-state index in [1.807, 2.05) is 6.07 Å². The second-order valence-electron chi connectivity index (χ2n) is 10.4. The molecule has 1 aromatic carbocycles. The molecule has 5 atom stereocenters. The largest absolute Gasteiger partial charge is 0.506 e. The van der Waals surface area contributed by atoms with Gasteiger partial charge in [-0.1, -0.05) is 31.4 Å². The first-order valence-electron chi connectivity index (χ1n) is 12.4. The molecule has 0 bridgehead atoms. The average molecular weight is 475 g/mol. The lowest BCUT2D eigenvalue weighted by molar-refractivity contribution is -0.192. The van der Waals surface area contributed by atoms with E-state index >= 15 is 0 Å². The number of aryl methyl sites for hydroxylation is 1. The molecule has 1 aromatic rings. The highest BCUT2D eigenvalue weighted by Crippen LogP contribution is 2.54. The Morgan fingerprint density at radius 1 is 1.15 bits per heavy atom. The Bertz CT molecular complexity index is 964. The van der Waals surface area contributed by atoms with Crippen LogP contribution in [0, 0.1) is 5.92 Å². The van der Waals surface area contributed by atoms with E-state index in [1.54, 1.807) is 0 Å². The van der Waals surface area contributed by atoms with Gasteiger partial charge in [0.2, 0.25) is 6.29 Å². The minimum atomic E-state index is -1.58. The number of hydrogen-bond acceptors (Lipinski definition) is 7. The van der Waals surface area contributed by atoms with Gasteiger partial charge >= 0.3 is 0 Å². The van der Waals surface area contributed by atoms with Gasteiger partial charge in [0.15, 0.2) is 17.6 Å². The average Bonchev–Trinajstić information content (AvgIpc) is 2.78. The molecule has 2 unspecified atom stereocenters. The van der Waals surface area contributed by atoms with Crippen molar-refractivity contribution in [1.29, 1.82) is 0 Å². The molecule has 188 valence electrons. The van der Waals surface area contributed by atoms with Crippen LogP contribution in [0.15, 0.2) is 35.3 Å². The minimum absolute atomic E-state index is 0.176. The van der Waals surface area contributed by atoms with Crippen LogP contribution >= 0.6 is 0 Å². The van der Waals surface area contributed by atoms with Gasteiger partial charge in [-0.25, -0.2) is 0 Å². The third-order valence-corrected chi connectivity index (χ3v) is 7.43. The van der Waals surface area contributed by atoms with Crippen LogP contribution in [0.1, 0.15) is 76.8 Å². The number of hydrogen-bond donors (Lipinski definition) is 4. The fourth-order valence-electron chi connectivity index (χ4n) is 5.51.